The summed E-state index contributed by atoms with van der Waals surface area (Å²) in [6.07, 6.45) is 1.00. The lowest BCUT2D eigenvalue weighted by molar-refractivity contribution is -0.114. The van der Waals surface area contributed by atoms with Crippen molar-refractivity contribution in [2.75, 3.05) is 22.4 Å². The zero-order valence-electron chi connectivity index (χ0n) is 13.7. The summed E-state index contributed by atoms with van der Waals surface area (Å²) in [4.78, 5) is 23.8. The van der Waals surface area contributed by atoms with Crippen molar-refractivity contribution in [2.24, 2.45) is 0 Å². The van der Waals surface area contributed by atoms with E-state index in [1.54, 1.807) is 36.4 Å². The highest BCUT2D eigenvalue weighted by molar-refractivity contribution is 7.92. The molecule has 0 saturated carbocycles. The van der Waals surface area contributed by atoms with E-state index < -0.39 is 22.5 Å². The minimum atomic E-state index is -3.72. The Bertz CT molecular complexity index is 912. The molecule has 0 heterocycles. The highest BCUT2D eigenvalue weighted by atomic mass is 35.5. The topological polar surface area (TPSA) is 83.6 Å². The number of ketones is 1. The number of carbonyl (C=O) groups excluding carboxylic acids is 2. The standard InChI is InChI=1S/C17H17ClN2O4S/c1-12(21)13-5-3-8-16(9-13)20(25(2,23)24)11-17(22)19-15-7-4-6-14(18)10-15/h3-10H,11H2,1-2H3,(H,19,22). The first-order valence-electron chi connectivity index (χ1n) is 7.31. The Morgan fingerprint density at radius 3 is 2.40 bits per heavy atom. The van der Waals surface area contributed by atoms with Crippen LogP contribution >= 0.6 is 11.6 Å². The van der Waals surface area contributed by atoms with Crippen LogP contribution in [0.5, 0.6) is 0 Å². The molecule has 132 valence electrons. The van der Waals surface area contributed by atoms with Crippen LogP contribution in [0.15, 0.2) is 48.5 Å². The molecule has 8 heteroatoms. The third kappa shape index (κ3) is 5.30. The first-order valence-corrected chi connectivity index (χ1v) is 9.53. The van der Waals surface area contributed by atoms with Crippen molar-refractivity contribution >= 4 is 44.7 Å². The second-order valence-electron chi connectivity index (χ2n) is 5.43. The van der Waals surface area contributed by atoms with Gasteiger partial charge in [-0.3, -0.25) is 13.9 Å². The van der Waals surface area contributed by atoms with E-state index in [1.807, 2.05) is 0 Å². The second-order valence-corrected chi connectivity index (χ2v) is 7.78. The molecule has 0 aliphatic heterocycles. The molecule has 0 aliphatic carbocycles. The van der Waals surface area contributed by atoms with Crippen molar-refractivity contribution in [1.82, 2.24) is 0 Å². The van der Waals surface area contributed by atoms with Gasteiger partial charge >= 0.3 is 0 Å². The van der Waals surface area contributed by atoms with Gasteiger partial charge in [-0.05, 0) is 37.3 Å². The van der Waals surface area contributed by atoms with Crippen molar-refractivity contribution in [1.29, 1.82) is 0 Å². The first kappa shape index (κ1) is 19.0. The van der Waals surface area contributed by atoms with Crippen molar-refractivity contribution in [3.8, 4) is 0 Å². The van der Waals surface area contributed by atoms with E-state index in [0.29, 0.717) is 16.3 Å². The van der Waals surface area contributed by atoms with E-state index in [2.05, 4.69) is 5.32 Å². The highest BCUT2D eigenvalue weighted by Gasteiger charge is 2.21. The quantitative estimate of drug-likeness (QED) is 0.781. The van der Waals surface area contributed by atoms with E-state index in [9.17, 15) is 18.0 Å². The Balaban J connectivity index is 2.25. The fourth-order valence-electron chi connectivity index (χ4n) is 2.18. The van der Waals surface area contributed by atoms with Crippen LogP contribution in [0.2, 0.25) is 5.02 Å². The van der Waals surface area contributed by atoms with Crippen molar-refractivity contribution in [2.45, 2.75) is 6.92 Å². The molecule has 0 unspecified atom stereocenters. The number of nitrogens with one attached hydrogen (secondary N) is 1. The lowest BCUT2D eigenvalue weighted by Crippen LogP contribution is -2.37. The molecule has 0 aliphatic rings. The first-order chi connectivity index (χ1) is 11.7. The third-order valence-electron chi connectivity index (χ3n) is 3.34. The molecule has 6 nitrogen and oxygen atoms in total. The number of amides is 1. The van der Waals surface area contributed by atoms with Crippen molar-refractivity contribution < 1.29 is 18.0 Å². The van der Waals surface area contributed by atoms with E-state index in [-0.39, 0.29) is 11.5 Å². The third-order valence-corrected chi connectivity index (χ3v) is 4.71. The number of Topliss-reactive ketones (excluding diaryl/α,β-unsaturated/α-hetero) is 1. The summed E-state index contributed by atoms with van der Waals surface area (Å²) in [5.41, 5.74) is 1.07. The SMILES string of the molecule is CC(=O)c1cccc(N(CC(=O)Nc2cccc(Cl)c2)S(C)(=O)=O)c1. The number of hydrogen-bond acceptors (Lipinski definition) is 4. The Kier molecular flexibility index (Phi) is 5.81. The van der Waals surface area contributed by atoms with Crippen molar-refractivity contribution in [3.63, 3.8) is 0 Å². The number of rotatable bonds is 6. The van der Waals surface area contributed by atoms with E-state index in [1.165, 1.54) is 19.1 Å². The van der Waals surface area contributed by atoms with Gasteiger partial charge in [-0.2, -0.15) is 0 Å². The van der Waals surface area contributed by atoms with Gasteiger partial charge in [0.15, 0.2) is 5.78 Å². The number of hydrogen-bond donors (Lipinski definition) is 1. The molecule has 0 fully saturated rings. The molecule has 0 atom stereocenters. The Hall–Kier alpha value is -2.38. The van der Waals surface area contributed by atoms with E-state index >= 15 is 0 Å². The number of nitrogens with zero attached hydrogens (tertiary/aromatic N) is 1. The van der Waals surface area contributed by atoms with Gasteiger partial charge in [-0.15, -0.1) is 0 Å². The average Bonchev–Trinajstić information content (AvgIpc) is 2.51. The summed E-state index contributed by atoms with van der Waals surface area (Å²) in [6.45, 7) is 0.961. The van der Waals surface area contributed by atoms with Gasteiger partial charge in [0, 0.05) is 16.3 Å². The van der Waals surface area contributed by atoms with Crippen LogP contribution in [0.1, 0.15) is 17.3 Å². The minimum Gasteiger partial charge on any atom is -0.324 e. The fourth-order valence-corrected chi connectivity index (χ4v) is 3.22. The number of halogens is 1. The lowest BCUT2D eigenvalue weighted by atomic mass is 10.1. The fraction of sp³-hybridized carbons (Fsp3) is 0.176. The second kappa shape index (κ2) is 7.67. The minimum absolute atomic E-state index is 0.196. The lowest BCUT2D eigenvalue weighted by Gasteiger charge is -2.22. The number of carbonyl (C=O) groups is 2. The maximum atomic E-state index is 12.2. The van der Waals surface area contributed by atoms with Gasteiger partial charge in [0.05, 0.1) is 11.9 Å². The van der Waals surface area contributed by atoms with Crippen LogP contribution < -0.4 is 9.62 Å². The number of sulfonamides is 1. The molecule has 0 saturated heterocycles. The Morgan fingerprint density at radius 2 is 1.80 bits per heavy atom. The van der Waals surface area contributed by atoms with Crippen LogP contribution in [0, 0.1) is 0 Å². The summed E-state index contributed by atoms with van der Waals surface area (Å²) in [6, 6.07) is 12.6. The summed E-state index contributed by atoms with van der Waals surface area (Å²) in [7, 11) is -3.72. The summed E-state index contributed by atoms with van der Waals surface area (Å²) >= 11 is 5.86. The summed E-state index contributed by atoms with van der Waals surface area (Å²) < 4.78 is 25.1. The molecule has 0 radical (unpaired) electrons. The average molecular weight is 381 g/mol. The zero-order chi connectivity index (χ0) is 18.6. The molecule has 2 aromatic carbocycles. The number of benzene rings is 2. The summed E-state index contributed by atoms with van der Waals surface area (Å²) in [5.74, 6) is -0.723. The molecule has 0 spiro atoms. The smallest absolute Gasteiger partial charge is 0.245 e. The molecule has 1 N–H and O–H groups in total. The molecule has 0 bridgehead atoms. The zero-order valence-corrected chi connectivity index (χ0v) is 15.3. The Labute approximate surface area is 151 Å². The van der Waals surface area contributed by atoms with E-state index in [4.69, 9.17) is 11.6 Å². The van der Waals surface area contributed by atoms with Crippen LogP contribution in [0.3, 0.4) is 0 Å². The predicted molar refractivity (Wildman–Crippen MR) is 98.7 cm³/mol. The molecule has 1 amide bonds. The van der Waals surface area contributed by atoms with Gasteiger partial charge in [0.2, 0.25) is 15.9 Å². The van der Waals surface area contributed by atoms with Crippen LogP contribution in [0.4, 0.5) is 11.4 Å². The largest absolute Gasteiger partial charge is 0.324 e. The molecule has 0 aromatic heterocycles. The summed E-state index contributed by atoms with van der Waals surface area (Å²) in [5, 5.41) is 3.05. The number of anilines is 2. The molecule has 25 heavy (non-hydrogen) atoms. The van der Waals surface area contributed by atoms with Gasteiger partial charge in [-0.1, -0.05) is 29.8 Å². The molecule has 2 rings (SSSR count). The van der Waals surface area contributed by atoms with E-state index in [0.717, 1.165) is 10.6 Å². The highest BCUT2D eigenvalue weighted by Crippen LogP contribution is 2.20. The van der Waals surface area contributed by atoms with Crippen LogP contribution in [0.25, 0.3) is 0 Å². The van der Waals surface area contributed by atoms with Crippen molar-refractivity contribution in [3.05, 3.63) is 59.1 Å². The molecular weight excluding hydrogens is 364 g/mol. The molecule has 2 aromatic rings. The van der Waals surface area contributed by atoms with Gasteiger partial charge in [0.25, 0.3) is 0 Å². The normalized spacial score (nSPS) is 11.0. The van der Waals surface area contributed by atoms with Gasteiger partial charge < -0.3 is 5.32 Å². The maximum absolute atomic E-state index is 12.2. The van der Waals surface area contributed by atoms with Crippen LogP contribution in [-0.4, -0.2) is 32.9 Å². The Morgan fingerprint density at radius 1 is 1.12 bits per heavy atom. The van der Waals surface area contributed by atoms with Gasteiger partial charge in [0.1, 0.15) is 6.54 Å². The monoisotopic (exact) mass is 380 g/mol. The maximum Gasteiger partial charge on any atom is 0.245 e. The predicted octanol–water partition coefficient (Wildman–Crippen LogP) is 2.95. The van der Waals surface area contributed by atoms with Crippen LogP contribution in [-0.2, 0) is 14.8 Å². The van der Waals surface area contributed by atoms with Gasteiger partial charge in [-0.25, -0.2) is 8.42 Å². The molecular formula is C17H17ClN2O4S.